The summed E-state index contributed by atoms with van der Waals surface area (Å²) < 4.78 is 5.34. The predicted octanol–water partition coefficient (Wildman–Crippen LogP) is 3.00. The molecule has 3 nitrogen and oxygen atoms in total. The molecule has 17 heavy (non-hydrogen) atoms. The molecule has 1 heterocycles. The second-order valence-electron chi connectivity index (χ2n) is 3.41. The van der Waals surface area contributed by atoms with Crippen LogP contribution in [0.25, 0.3) is 0 Å². The van der Waals surface area contributed by atoms with Crippen molar-refractivity contribution < 1.29 is 9.53 Å². The lowest BCUT2D eigenvalue weighted by Gasteiger charge is -2.05. The van der Waals surface area contributed by atoms with Gasteiger partial charge in [0.2, 0.25) is 5.78 Å². The number of hydrogen-bond acceptors (Lipinski definition) is 3. The van der Waals surface area contributed by atoms with Crippen LogP contribution in [-0.2, 0) is 0 Å². The monoisotopic (exact) mass is 247 g/mol. The number of pyridine rings is 1. The van der Waals surface area contributed by atoms with Crippen molar-refractivity contribution in [1.82, 2.24) is 4.98 Å². The molecule has 0 aliphatic carbocycles. The van der Waals surface area contributed by atoms with Gasteiger partial charge in [-0.3, -0.25) is 9.78 Å². The normalized spacial score (nSPS) is 9.94. The van der Waals surface area contributed by atoms with E-state index in [4.69, 9.17) is 16.3 Å². The molecule has 0 aliphatic heterocycles. The molecule has 0 saturated heterocycles. The van der Waals surface area contributed by atoms with Crippen LogP contribution in [0.2, 0.25) is 5.02 Å². The zero-order valence-corrected chi connectivity index (χ0v) is 9.72. The van der Waals surface area contributed by atoms with Crippen molar-refractivity contribution in [3.8, 4) is 5.75 Å². The van der Waals surface area contributed by atoms with Crippen molar-refractivity contribution >= 4 is 17.4 Å². The van der Waals surface area contributed by atoms with E-state index in [1.807, 2.05) is 0 Å². The van der Waals surface area contributed by atoms with Gasteiger partial charge < -0.3 is 4.74 Å². The van der Waals surface area contributed by atoms with Gasteiger partial charge in [0.25, 0.3) is 0 Å². The van der Waals surface area contributed by atoms with Gasteiger partial charge in [-0.15, -0.1) is 0 Å². The first kappa shape index (κ1) is 11.6. The summed E-state index contributed by atoms with van der Waals surface area (Å²) in [4.78, 5) is 15.6. The summed E-state index contributed by atoms with van der Waals surface area (Å²) in [7, 11) is 0. The average Bonchev–Trinajstić information content (AvgIpc) is 2.39. The number of ether oxygens (including phenoxy) is 1. The summed E-state index contributed by atoms with van der Waals surface area (Å²) in [6.07, 6.45) is 3.14. The van der Waals surface area contributed by atoms with E-state index in [0.29, 0.717) is 16.3 Å². The molecule has 0 aliphatic rings. The van der Waals surface area contributed by atoms with E-state index in [1.54, 1.807) is 42.6 Å². The number of Topliss-reactive ketones (excluding diaryl/α,β-unsaturated/α-hetero) is 1. The summed E-state index contributed by atoms with van der Waals surface area (Å²) in [5, 5.41) is 0.635. The van der Waals surface area contributed by atoms with Gasteiger partial charge in [0.15, 0.2) is 6.61 Å². The number of carbonyl (C=O) groups excluding carboxylic acids is 1. The Morgan fingerprint density at radius 1 is 1.24 bits per heavy atom. The fraction of sp³-hybridized carbons (Fsp3) is 0.0769. The molecule has 0 unspecified atom stereocenters. The third-order valence-electron chi connectivity index (χ3n) is 2.17. The largest absolute Gasteiger partial charge is 0.485 e. The highest BCUT2D eigenvalue weighted by molar-refractivity contribution is 6.30. The molecule has 1 aromatic heterocycles. The van der Waals surface area contributed by atoms with Gasteiger partial charge in [-0.2, -0.15) is 0 Å². The van der Waals surface area contributed by atoms with E-state index < -0.39 is 0 Å². The number of benzene rings is 1. The molecule has 0 bridgehead atoms. The molecule has 0 radical (unpaired) electrons. The molecule has 4 heteroatoms. The van der Waals surface area contributed by atoms with Gasteiger partial charge >= 0.3 is 0 Å². The topological polar surface area (TPSA) is 39.2 Å². The van der Waals surface area contributed by atoms with Crippen LogP contribution < -0.4 is 4.74 Å². The van der Waals surface area contributed by atoms with E-state index in [2.05, 4.69) is 4.98 Å². The van der Waals surface area contributed by atoms with E-state index >= 15 is 0 Å². The highest BCUT2D eigenvalue weighted by Crippen LogP contribution is 2.15. The van der Waals surface area contributed by atoms with Crippen LogP contribution in [0.15, 0.2) is 48.8 Å². The fourth-order valence-corrected chi connectivity index (χ4v) is 1.42. The highest BCUT2D eigenvalue weighted by atomic mass is 35.5. The van der Waals surface area contributed by atoms with Crippen LogP contribution in [0.1, 0.15) is 10.4 Å². The van der Waals surface area contributed by atoms with Gasteiger partial charge in [-0.1, -0.05) is 11.6 Å². The van der Waals surface area contributed by atoms with Crippen molar-refractivity contribution in [1.29, 1.82) is 0 Å². The van der Waals surface area contributed by atoms with Crippen molar-refractivity contribution in [2.75, 3.05) is 6.61 Å². The van der Waals surface area contributed by atoms with Gasteiger partial charge in [0, 0.05) is 23.0 Å². The minimum absolute atomic E-state index is 0.00662. The van der Waals surface area contributed by atoms with E-state index in [9.17, 15) is 4.79 Å². The quantitative estimate of drug-likeness (QED) is 0.780. The Kier molecular flexibility index (Phi) is 3.73. The SMILES string of the molecule is O=C(COc1ccc(Cl)cc1)c1cccnc1. The van der Waals surface area contributed by atoms with Gasteiger partial charge in [0.05, 0.1) is 0 Å². The lowest BCUT2D eigenvalue weighted by atomic mass is 10.2. The number of aromatic nitrogens is 1. The summed E-state index contributed by atoms with van der Waals surface area (Å²) in [5.74, 6) is 0.514. The van der Waals surface area contributed by atoms with Crippen molar-refractivity contribution in [2.24, 2.45) is 0 Å². The number of rotatable bonds is 4. The third-order valence-corrected chi connectivity index (χ3v) is 2.42. The Balaban J connectivity index is 1.95. The Labute approximate surface area is 104 Å². The van der Waals surface area contributed by atoms with E-state index in [-0.39, 0.29) is 12.4 Å². The summed E-state index contributed by atoms with van der Waals surface area (Å²) in [6, 6.07) is 10.3. The molecule has 2 rings (SSSR count). The molecule has 0 amide bonds. The molecule has 0 spiro atoms. The first-order valence-corrected chi connectivity index (χ1v) is 5.45. The molecule has 0 fully saturated rings. The Morgan fingerprint density at radius 2 is 2.00 bits per heavy atom. The highest BCUT2D eigenvalue weighted by Gasteiger charge is 2.06. The number of hydrogen-bond donors (Lipinski definition) is 0. The lowest BCUT2D eigenvalue weighted by molar-refractivity contribution is 0.0921. The van der Waals surface area contributed by atoms with Gasteiger partial charge in [-0.05, 0) is 36.4 Å². The lowest BCUT2D eigenvalue weighted by Crippen LogP contribution is -2.11. The summed E-state index contributed by atoms with van der Waals surface area (Å²) >= 11 is 5.74. The van der Waals surface area contributed by atoms with Crippen LogP contribution in [0.4, 0.5) is 0 Å². The Hall–Kier alpha value is -1.87. The second-order valence-corrected chi connectivity index (χ2v) is 3.84. The average molecular weight is 248 g/mol. The number of nitrogens with zero attached hydrogens (tertiary/aromatic N) is 1. The molecule has 1 aromatic carbocycles. The molecular weight excluding hydrogens is 238 g/mol. The Bertz CT molecular complexity index is 497. The Morgan fingerprint density at radius 3 is 2.65 bits per heavy atom. The molecule has 86 valence electrons. The fourth-order valence-electron chi connectivity index (χ4n) is 1.29. The van der Waals surface area contributed by atoms with Gasteiger partial charge in [0.1, 0.15) is 5.75 Å². The van der Waals surface area contributed by atoms with E-state index in [1.165, 1.54) is 6.20 Å². The van der Waals surface area contributed by atoms with Crippen LogP contribution >= 0.6 is 11.6 Å². The minimum atomic E-state index is -0.104. The van der Waals surface area contributed by atoms with Crippen LogP contribution in [0.3, 0.4) is 0 Å². The maximum atomic E-state index is 11.7. The standard InChI is InChI=1S/C13H10ClNO2/c14-11-3-5-12(6-4-11)17-9-13(16)10-2-1-7-15-8-10/h1-8H,9H2. The first-order chi connectivity index (χ1) is 8.25. The smallest absolute Gasteiger partial charge is 0.201 e. The molecule has 2 aromatic rings. The second kappa shape index (κ2) is 5.46. The molecular formula is C13H10ClNO2. The number of halogens is 1. The van der Waals surface area contributed by atoms with Crippen molar-refractivity contribution in [3.63, 3.8) is 0 Å². The zero-order chi connectivity index (χ0) is 12.1. The third kappa shape index (κ3) is 3.29. The predicted molar refractivity (Wildman–Crippen MR) is 65.5 cm³/mol. The maximum Gasteiger partial charge on any atom is 0.201 e. The van der Waals surface area contributed by atoms with Crippen LogP contribution in [0, 0.1) is 0 Å². The minimum Gasteiger partial charge on any atom is -0.485 e. The van der Waals surface area contributed by atoms with Crippen molar-refractivity contribution in [2.45, 2.75) is 0 Å². The summed E-state index contributed by atoms with van der Waals surface area (Å²) in [5.41, 5.74) is 0.543. The zero-order valence-electron chi connectivity index (χ0n) is 8.97. The van der Waals surface area contributed by atoms with Crippen molar-refractivity contribution in [3.05, 3.63) is 59.4 Å². The number of ketones is 1. The number of carbonyl (C=O) groups is 1. The van der Waals surface area contributed by atoms with Crippen LogP contribution in [0.5, 0.6) is 5.75 Å². The molecule has 0 atom stereocenters. The summed E-state index contributed by atoms with van der Waals surface area (Å²) in [6.45, 7) is -0.00662. The van der Waals surface area contributed by atoms with Gasteiger partial charge in [-0.25, -0.2) is 0 Å². The molecule has 0 saturated carbocycles. The van der Waals surface area contributed by atoms with E-state index in [0.717, 1.165) is 0 Å². The first-order valence-electron chi connectivity index (χ1n) is 5.07. The molecule has 0 N–H and O–H groups in total. The maximum absolute atomic E-state index is 11.7. The van der Waals surface area contributed by atoms with Crippen LogP contribution in [-0.4, -0.2) is 17.4 Å².